The third kappa shape index (κ3) is 3.40. The van der Waals surface area contributed by atoms with Gasteiger partial charge < -0.3 is 9.80 Å². The van der Waals surface area contributed by atoms with Gasteiger partial charge in [-0.1, -0.05) is 30.3 Å². The van der Waals surface area contributed by atoms with Crippen LogP contribution in [0, 0.1) is 6.92 Å². The number of piperazine rings is 1. The van der Waals surface area contributed by atoms with Crippen LogP contribution in [0.4, 0.5) is 0 Å². The second-order valence-corrected chi connectivity index (χ2v) is 8.14. The van der Waals surface area contributed by atoms with Crippen LogP contribution >= 0.6 is 11.3 Å². The van der Waals surface area contributed by atoms with Crippen molar-refractivity contribution in [1.82, 2.24) is 19.4 Å². The van der Waals surface area contributed by atoms with Gasteiger partial charge in [0, 0.05) is 36.6 Å². The lowest BCUT2D eigenvalue weighted by Crippen LogP contribution is -2.48. The molecule has 2 aromatic heterocycles. The van der Waals surface area contributed by atoms with E-state index >= 15 is 0 Å². The Kier molecular flexibility index (Phi) is 4.80. The quantitative estimate of drug-likeness (QED) is 0.697. The van der Waals surface area contributed by atoms with Crippen LogP contribution < -0.4 is 5.56 Å². The van der Waals surface area contributed by atoms with E-state index < -0.39 is 0 Å². The van der Waals surface area contributed by atoms with Crippen LogP contribution in [0.25, 0.3) is 21.3 Å². The first-order chi connectivity index (χ1) is 13.0. The van der Waals surface area contributed by atoms with E-state index in [1.165, 1.54) is 22.2 Å². The molecule has 1 aliphatic rings. The van der Waals surface area contributed by atoms with E-state index in [9.17, 15) is 9.59 Å². The van der Waals surface area contributed by atoms with Crippen molar-refractivity contribution in [2.24, 2.45) is 0 Å². The Hall–Kier alpha value is -2.51. The monoisotopic (exact) mass is 382 g/mol. The van der Waals surface area contributed by atoms with Crippen LogP contribution in [0.3, 0.4) is 0 Å². The van der Waals surface area contributed by atoms with Gasteiger partial charge in [-0.3, -0.25) is 14.2 Å². The highest BCUT2D eigenvalue weighted by Gasteiger charge is 2.21. The molecule has 0 radical (unpaired) electrons. The lowest BCUT2D eigenvalue weighted by molar-refractivity contribution is -0.133. The van der Waals surface area contributed by atoms with Gasteiger partial charge in [0.25, 0.3) is 5.56 Å². The Bertz CT molecular complexity index is 1030. The maximum atomic E-state index is 13.2. The minimum absolute atomic E-state index is 0.0282. The average molecular weight is 382 g/mol. The number of amides is 1. The van der Waals surface area contributed by atoms with Crippen molar-refractivity contribution in [3.8, 4) is 11.1 Å². The second-order valence-electron chi connectivity index (χ2n) is 6.94. The highest BCUT2D eigenvalue weighted by molar-refractivity contribution is 7.19. The highest BCUT2D eigenvalue weighted by atomic mass is 32.1. The van der Waals surface area contributed by atoms with Gasteiger partial charge >= 0.3 is 0 Å². The fourth-order valence-corrected chi connectivity index (χ4v) is 4.51. The topological polar surface area (TPSA) is 58.4 Å². The number of aryl methyl sites for hydroxylation is 1. The van der Waals surface area contributed by atoms with Crippen LogP contribution in [0.15, 0.2) is 41.5 Å². The zero-order valence-electron chi connectivity index (χ0n) is 15.5. The molecule has 0 aliphatic carbocycles. The van der Waals surface area contributed by atoms with Gasteiger partial charge in [0.2, 0.25) is 5.91 Å². The first-order valence-corrected chi connectivity index (χ1v) is 9.86. The lowest BCUT2D eigenvalue weighted by atomic mass is 10.0. The van der Waals surface area contributed by atoms with Gasteiger partial charge in [-0.2, -0.15) is 0 Å². The smallest absolute Gasteiger partial charge is 0.263 e. The zero-order chi connectivity index (χ0) is 19.0. The van der Waals surface area contributed by atoms with Crippen LogP contribution in [-0.4, -0.2) is 58.5 Å². The number of rotatable bonds is 3. The number of nitrogens with zero attached hydrogens (tertiary/aromatic N) is 4. The highest BCUT2D eigenvalue weighted by Crippen LogP contribution is 2.35. The van der Waals surface area contributed by atoms with Crippen LogP contribution in [-0.2, 0) is 11.3 Å². The van der Waals surface area contributed by atoms with E-state index in [2.05, 4.69) is 9.88 Å². The lowest BCUT2D eigenvalue weighted by Gasteiger charge is -2.32. The summed E-state index contributed by atoms with van der Waals surface area (Å²) < 4.78 is 1.45. The number of hydrogen-bond donors (Lipinski definition) is 0. The molecular formula is C20H22N4O2S. The summed E-state index contributed by atoms with van der Waals surface area (Å²) in [6.07, 6.45) is 1.50. The van der Waals surface area contributed by atoms with Crippen molar-refractivity contribution < 1.29 is 4.79 Å². The van der Waals surface area contributed by atoms with Crippen molar-refractivity contribution >= 4 is 27.5 Å². The zero-order valence-corrected chi connectivity index (χ0v) is 16.3. The van der Waals surface area contributed by atoms with E-state index in [0.29, 0.717) is 18.5 Å². The third-order valence-corrected chi connectivity index (χ3v) is 6.09. The molecule has 1 aromatic carbocycles. The number of hydrogen-bond acceptors (Lipinski definition) is 5. The number of thiophene rings is 1. The Morgan fingerprint density at radius 2 is 1.85 bits per heavy atom. The van der Waals surface area contributed by atoms with Gasteiger partial charge in [-0.15, -0.1) is 11.3 Å². The Labute approximate surface area is 161 Å². The fourth-order valence-electron chi connectivity index (χ4n) is 3.50. The summed E-state index contributed by atoms with van der Waals surface area (Å²) in [5.74, 6) is -0.0282. The number of carbonyl (C=O) groups is 1. The van der Waals surface area contributed by atoms with Crippen molar-refractivity contribution in [3.63, 3.8) is 0 Å². The molecule has 0 saturated carbocycles. The van der Waals surface area contributed by atoms with Crippen molar-refractivity contribution in [3.05, 3.63) is 51.9 Å². The molecule has 0 bridgehead atoms. The van der Waals surface area contributed by atoms with E-state index in [1.807, 2.05) is 49.2 Å². The van der Waals surface area contributed by atoms with Crippen molar-refractivity contribution in [2.45, 2.75) is 13.5 Å². The molecule has 0 N–H and O–H groups in total. The first kappa shape index (κ1) is 17.9. The maximum absolute atomic E-state index is 13.2. The minimum atomic E-state index is -0.148. The predicted octanol–water partition coefficient (Wildman–Crippen LogP) is 2.21. The number of fused-ring (bicyclic) bond motifs is 1. The van der Waals surface area contributed by atoms with E-state index in [1.54, 1.807) is 0 Å². The van der Waals surface area contributed by atoms with Crippen molar-refractivity contribution in [2.75, 3.05) is 33.2 Å². The summed E-state index contributed by atoms with van der Waals surface area (Å²) in [5, 5.41) is 0.609. The van der Waals surface area contributed by atoms with Crippen molar-refractivity contribution in [1.29, 1.82) is 0 Å². The third-order valence-electron chi connectivity index (χ3n) is 5.08. The minimum Gasteiger partial charge on any atom is -0.339 e. The number of carbonyl (C=O) groups excluding carboxylic acids is 1. The van der Waals surface area contributed by atoms with Crippen LogP contribution in [0.1, 0.15) is 4.88 Å². The molecule has 7 heteroatoms. The molecule has 0 spiro atoms. The molecule has 1 aliphatic heterocycles. The fraction of sp³-hybridized carbons (Fsp3) is 0.350. The van der Waals surface area contributed by atoms with Gasteiger partial charge in [0.15, 0.2) is 0 Å². The van der Waals surface area contributed by atoms with Gasteiger partial charge in [0.1, 0.15) is 11.4 Å². The molecule has 4 rings (SSSR count). The maximum Gasteiger partial charge on any atom is 0.263 e. The Morgan fingerprint density at radius 3 is 2.56 bits per heavy atom. The normalized spacial score (nSPS) is 15.4. The number of likely N-dealkylation sites (N-methyl/N-ethyl adjacent to an activating group) is 1. The largest absolute Gasteiger partial charge is 0.339 e. The SMILES string of the molecule is Cc1sc2ncn(CC(=O)N3CCN(C)CC3)c(=O)c2c1-c1ccccc1. The Morgan fingerprint density at radius 1 is 1.15 bits per heavy atom. The van der Waals surface area contributed by atoms with E-state index in [0.717, 1.165) is 33.9 Å². The van der Waals surface area contributed by atoms with Crippen LogP contribution in [0.5, 0.6) is 0 Å². The Balaban J connectivity index is 1.70. The van der Waals surface area contributed by atoms with Gasteiger partial charge in [0.05, 0.1) is 11.7 Å². The summed E-state index contributed by atoms with van der Waals surface area (Å²) >= 11 is 1.52. The molecule has 6 nitrogen and oxygen atoms in total. The molecule has 0 atom stereocenters. The average Bonchev–Trinajstić information content (AvgIpc) is 3.02. The van der Waals surface area contributed by atoms with Gasteiger partial charge in [-0.25, -0.2) is 4.98 Å². The number of aromatic nitrogens is 2. The summed E-state index contributed by atoms with van der Waals surface area (Å²) in [5.41, 5.74) is 1.78. The van der Waals surface area contributed by atoms with Gasteiger partial charge in [-0.05, 0) is 19.5 Å². The second kappa shape index (κ2) is 7.25. The number of benzene rings is 1. The van der Waals surface area contributed by atoms with E-state index in [-0.39, 0.29) is 18.0 Å². The molecule has 3 aromatic rings. The standard InChI is InChI=1S/C20H22N4O2S/c1-14-17(15-6-4-3-5-7-15)18-19(27-14)21-13-24(20(18)26)12-16(25)23-10-8-22(2)9-11-23/h3-7,13H,8-12H2,1-2H3. The molecule has 1 amide bonds. The summed E-state index contributed by atoms with van der Waals surface area (Å²) in [4.78, 5) is 36.1. The molecule has 0 unspecified atom stereocenters. The predicted molar refractivity (Wildman–Crippen MR) is 108 cm³/mol. The van der Waals surface area contributed by atoms with E-state index in [4.69, 9.17) is 0 Å². The molecule has 3 heterocycles. The first-order valence-electron chi connectivity index (χ1n) is 9.05. The summed E-state index contributed by atoms with van der Waals surface area (Å²) in [6.45, 7) is 5.17. The molecule has 27 heavy (non-hydrogen) atoms. The molecule has 140 valence electrons. The summed E-state index contributed by atoms with van der Waals surface area (Å²) in [6, 6.07) is 9.88. The van der Waals surface area contributed by atoms with Crippen LogP contribution in [0.2, 0.25) is 0 Å². The molecular weight excluding hydrogens is 360 g/mol. The molecule has 1 saturated heterocycles. The molecule has 1 fully saturated rings. The summed E-state index contributed by atoms with van der Waals surface area (Å²) in [7, 11) is 2.05.